The predicted octanol–water partition coefficient (Wildman–Crippen LogP) is 1.51. The molecule has 1 aliphatic heterocycles. The zero-order valence-corrected chi connectivity index (χ0v) is 12.1. The molecule has 0 saturated carbocycles. The number of aromatic nitrogens is 1. The number of carbonyl (C=O) groups is 2. The Balaban J connectivity index is 1.72. The van der Waals surface area contributed by atoms with Crippen LogP contribution in [0.1, 0.15) is 17.5 Å². The predicted molar refractivity (Wildman–Crippen MR) is 83.1 cm³/mol. The van der Waals surface area contributed by atoms with Gasteiger partial charge >= 0.3 is 0 Å². The molecule has 0 unspecified atom stereocenters. The van der Waals surface area contributed by atoms with Crippen molar-refractivity contribution in [2.45, 2.75) is 12.8 Å². The van der Waals surface area contributed by atoms with Gasteiger partial charge in [0.25, 0.3) is 0 Å². The highest BCUT2D eigenvalue weighted by atomic mass is 16.2. The number of carbonyl (C=O) groups excluding carboxylic acids is 2. The third-order valence-corrected chi connectivity index (χ3v) is 3.93. The molecule has 1 aliphatic rings. The van der Waals surface area contributed by atoms with Gasteiger partial charge in [0.15, 0.2) is 0 Å². The lowest BCUT2D eigenvalue weighted by molar-refractivity contribution is -0.123. The summed E-state index contributed by atoms with van der Waals surface area (Å²) in [5, 5.41) is 0. The number of nitrogens with two attached hydrogens (primary N) is 1. The standard InChI is InChI=1S/C17H17N3O2/c18-17(22)14-10-16(21)20(11-14)15-3-1-12(2-4-15)9-13-5-7-19-8-6-13/h1-8,14H,9-11H2,(H2,18,22)/t14-/m1/s1. The molecule has 2 heterocycles. The second-order valence-corrected chi connectivity index (χ2v) is 5.51. The highest BCUT2D eigenvalue weighted by Gasteiger charge is 2.33. The second-order valence-electron chi connectivity index (χ2n) is 5.51. The zero-order valence-electron chi connectivity index (χ0n) is 12.1. The fourth-order valence-electron chi connectivity index (χ4n) is 2.68. The first-order chi connectivity index (χ1) is 10.6. The molecule has 5 nitrogen and oxygen atoms in total. The van der Waals surface area contributed by atoms with Crippen molar-refractivity contribution in [1.82, 2.24) is 4.98 Å². The van der Waals surface area contributed by atoms with Crippen molar-refractivity contribution in [3.63, 3.8) is 0 Å². The van der Waals surface area contributed by atoms with E-state index in [1.54, 1.807) is 17.3 Å². The van der Waals surface area contributed by atoms with Gasteiger partial charge in [0.1, 0.15) is 0 Å². The van der Waals surface area contributed by atoms with Crippen LogP contribution in [0.25, 0.3) is 0 Å². The number of pyridine rings is 1. The molecule has 1 atom stereocenters. The van der Waals surface area contributed by atoms with E-state index in [1.165, 1.54) is 5.56 Å². The molecular formula is C17H17N3O2. The van der Waals surface area contributed by atoms with Gasteiger partial charge in [-0.2, -0.15) is 0 Å². The van der Waals surface area contributed by atoms with Crippen LogP contribution < -0.4 is 10.6 Å². The monoisotopic (exact) mass is 295 g/mol. The first kappa shape index (κ1) is 14.3. The molecule has 2 amide bonds. The van der Waals surface area contributed by atoms with E-state index in [2.05, 4.69) is 4.98 Å². The molecule has 0 radical (unpaired) electrons. The third-order valence-electron chi connectivity index (χ3n) is 3.93. The maximum Gasteiger partial charge on any atom is 0.227 e. The summed E-state index contributed by atoms with van der Waals surface area (Å²) in [6.07, 6.45) is 4.57. The fraction of sp³-hybridized carbons (Fsp3) is 0.235. The van der Waals surface area contributed by atoms with Crippen LogP contribution in [0.15, 0.2) is 48.8 Å². The normalized spacial score (nSPS) is 17.7. The maximum atomic E-state index is 12.0. The largest absolute Gasteiger partial charge is 0.369 e. The van der Waals surface area contributed by atoms with E-state index in [0.717, 1.165) is 17.7 Å². The van der Waals surface area contributed by atoms with Gasteiger partial charge in [-0.25, -0.2) is 0 Å². The molecule has 1 fully saturated rings. The van der Waals surface area contributed by atoms with Gasteiger partial charge in [0.2, 0.25) is 11.8 Å². The van der Waals surface area contributed by atoms with Gasteiger partial charge in [0.05, 0.1) is 5.92 Å². The minimum Gasteiger partial charge on any atom is -0.369 e. The molecule has 0 bridgehead atoms. The van der Waals surface area contributed by atoms with E-state index in [1.807, 2.05) is 36.4 Å². The Labute approximate surface area is 128 Å². The fourth-order valence-corrected chi connectivity index (χ4v) is 2.68. The van der Waals surface area contributed by atoms with Crippen molar-refractivity contribution in [2.24, 2.45) is 11.7 Å². The summed E-state index contributed by atoms with van der Waals surface area (Å²) in [5.41, 5.74) is 8.45. The maximum absolute atomic E-state index is 12.0. The number of anilines is 1. The van der Waals surface area contributed by atoms with Crippen molar-refractivity contribution in [3.8, 4) is 0 Å². The summed E-state index contributed by atoms with van der Waals surface area (Å²) < 4.78 is 0. The van der Waals surface area contributed by atoms with Crippen molar-refractivity contribution in [1.29, 1.82) is 0 Å². The van der Waals surface area contributed by atoms with E-state index in [4.69, 9.17) is 5.73 Å². The Morgan fingerprint density at radius 3 is 2.36 bits per heavy atom. The van der Waals surface area contributed by atoms with Crippen molar-refractivity contribution >= 4 is 17.5 Å². The molecule has 1 aromatic carbocycles. The van der Waals surface area contributed by atoms with Crippen LogP contribution >= 0.6 is 0 Å². The van der Waals surface area contributed by atoms with Gasteiger partial charge in [-0.15, -0.1) is 0 Å². The Bertz CT molecular complexity index is 683. The molecule has 0 aliphatic carbocycles. The second kappa shape index (κ2) is 5.97. The molecule has 2 aromatic rings. The topological polar surface area (TPSA) is 76.3 Å². The number of primary amides is 1. The Hall–Kier alpha value is -2.69. The number of rotatable bonds is 4. The highest BCUT2D eigenvalue weighted by Crippen LogP contribution is 2.25. The summed E-state index contributed by atoms with van der Waals surface area (Å²) >= 11 is 0. The van der Waals surface area contributed by atoms with Gasteiger partial charge in [-0.3, -0.25) is 14.6 Å². The zero-order chi connectivity index (χ0) is 15.5. The van der Waals surface area contributed by atoms with E-state index in [-0.39, 0.29) is 18.2 Å². The van der Waals surface area contributed by atoms with Crippen LogP contribution in [0.3, 0.4) is 0 Å². The van der Waals surface area contributed by atoms with Gasteiger partial charge in [-0.05, 0) is 41.8 Å². The van der Waals surface area contributed by atoms with Crippen LogP contribution in [0.5, 0.6) is 0 Å². The SMILES string of the molecule is NC(=O)[C@@H]1CC(=O)N(c2ccc(Cc3ccncc3)cc2)C1. The summed E-state index contributed by atoms with van der Waals surface area (Å²) in [5.74, 6) is -0.847. The lowest BCUT2D eigenvalue weighted by Crippen LogP contribution is -2.28. The van der Waals surface area contributed by atoms with E-state index >= 15 is 0 Å². The smallest absolute Gasteiger partial charge is 0.227 e. The van der Waals surface area contributed by atoms with Crippen LogP contribution in [0.4, 0.5) is 5.69 Å². The van der Waals surface area contributed by atoms with E-state index in [0.29, 0.717) is 6.54 Å². The molecular weight excluding hydrogens is 278 g/mol. The Kier molecular flexibility index (Phi) is 3.87. The third kappa shape index (κ3) is 2.98. The first-order valence-corrected chi connectivity index (χ1v) is 7.21. The van der Waals surface area contributed by atoms with Gasteiger partial charge in [-0.1, -0.05) is 12.1 Å². The number of hydrogen-bond donors (Lipinski definition) is 1. The number of benzene rings is 1. The summed E-state index contributed by atoms with van der Waals surface area (Å²) in [4.78, 5) is 28.8. The lowest BCUT2D eigenvalue weighted by atomic mass is 10.1. The van der Waals surface area contributed by atoms with E-state index in [9.17, 15) is 9.59 Å². The van der Waals surface area contributed by atoms with Crippen molar-refractivity contribution in [3.05, 3.63) is 59.9 Å². The molecule has 1 saturated heterocycles. The van der Waals surface area contributed by atoms with Crippen LogP contribution in [-0.2, 0) is 16.0 Å². The molecule has 1 aromatic heterocycles. The Morgan fingerprint density at radius 2 is 1.77 bits per heavy atom. The number of nitrogens with zero attached hydrogens (tertiary/aromatic N) is 2. The quantitative estimate of drug-likeness (QED) is 0.929. The summed E-state index contributed by atoms with van der Waals surface area (Å²) in [6, 6.07) is 11.8. The molecule has 2 N–H and O–H groups in total. The summed E-state index contributed by atoms with van der Waals surface area (Å²) in [7, 11) is 0. The lowest BCUT2D eigenvalue weighted by Gasteiger charge is -2.16. The molecule has 3 rings (SSSR count). The Morgan fingerprint density at radius 1 is 1.14 bits per heavy atom. The summed E-state index contributed by atoms with van der Waals surface area (Å²) in [6.45, 7) is 0.373. The number of amides is 2. The van der Waals surface area contributed by atoms with Crippen LogP contribution in [-0.4, -0.2) is 23.3 Å². The van der Waals surface area contributed by atoms with Crippen LogP contribution in [0, 0.1) is 5.92 Å². The van der Waals surface area contributed by atoms with Gasteiger partial charge in [0, 0.05) is 31.0 Å². The van der Waals surface area contributed by atoms with Crippen molar-refractivity contribution in [2.75, 3.05) is 11.4 Å². The molecule has 5 heteroatoms. The average molecular weight is 295 g/mol. The van der Waals surface area contributed by atoms with E-state index < -0.39 is 5.91 Å². The average Bonchev–Trinajstić information content (AvgIpc) is 2.91. The molecule has 22 heavy (non-hydrogen) atoms. The van der Waals surface area contributed by atoms with Crippen LogP contribution in [0.2, 0.25) is 0 Å². The molecule has 0 spiro atoms. The first-order valence-electron chi connectivity index (χ1n) is 7.21. The minimum absolute atomic E-state index is 0.0503. The van der Waals surface area contributed by atoms with Crippen molar-refractivity contribution < 1.29 is 9.59 Å². The highest BCUT2D eigenvalue weighted by molar-refractivity contribution is 6.00. The minimum atomic E-state index is -0.412. The molecule has 112 valence electrons. The van der Waals surface area contributed by atoms with Gasteiger partial charge < -0.3 is 10.6 Å². The number of hydrogen-bond acceptors (Lipinski definition) is 3.